The topological polar surface area (TPSA) is 165 Å². The second-order valence-corrected chi connectivity index (χ2v) is 11.1. The normalized spacial score (nSPS) is 48.5. The van der Waals surface area contributed by atoms with Crippen molar-refractivity contribution >= 4 is 11.9 Å². The third-order valence-electron chi connectivity index (χ3n) is 9.11. The van der Waals surface area contributed by atoms with Crippen LogP contribution in [0.3, 0.4) is 0 Å². The molecule has 1 aromatic rings. The number of ether oxygens (including phenoxy) is 4. The SMILES string of the molecule is C[C@@]12C[C@H](c3ccoc3)OC(=O)C1=CC[C@]1(C)[C@H]2[C@H]2C=C[C@]1(O[C@H]1O[C@H](CO)[C@@H](O)[C@H](O)[C@H]1O)C(=O)O2. The van der Waals surface area contributed by atoms with Gasteiger partial charge < -0.3 is 43.8 Å². The number of esters is 2. The number of aliphatic hydroxyl groups is 4. The molecular weight excluding hydrogens is 488 g/mol. The summed E-state index contributed by atoms with van der Waals surface area (Å²) in [6.45, 7) is 3.20. The highest BCUT2D eigenvalue weighted by Crippen LogP contribution is 2.67. The Balaban J connectivity index is 1.40. The Labute approximate surface area is 212 Å². The van der Waals surface area contributed by atoms with Gasteiger partial charge >= 0.3 is 11.9 Å². The van der Waals surface area contributed by atoms with Crippen LogP contribution < -0.4 is 0 Å². The van der Waals surface area contributed by atoms with Crippen molar-refractivity contribution in [1.82, 2.24) is 0 Å². The van der Waals surface area contributed by atoms with Crippen LogP contribution >= 0.6 is 0 Å². The summed E-state index contributed by atoms with van der Waals surface area (Å²) in [4.78, 5) is 26.6. The van der Waals surface area contributed by atoms with Crippen molar-refractivity contribution in [3.05, 3.63) is 48.0 Å². The molecule has 200 valence electrons. The first kappa shape index (κ1) is 24.8. The average molecular weight is 519 g/mol. The number of fused-ring (bicyclic) bond motifs is 2. The highest BCUT2D eigenvalue weighted by atomic mass is 16.7. The van der Waals surface area contributed by atoms with E-state index in [1.807, 2.05) is 13.8 Å². The van der Waals surface area contributed by atoms with Gasteiger partial charge in [0.2, 0.25) is 0 Å². The third kappa shape index (κ3) is 3.22. The summed E-state index contributed by atoms with van der Waals surface area (Å²) in [5, 5.41) is 40.7. The highest BCUT2D eigenvalue weighted by molar-refractivity contribution is 5.93. The predicted octanol–water partition coefficient (Wildman–Crippen LogP) is 0.277. The van der Waals surface area contributed by atoms with E-state index in [0.717, 1.165) is 5.56 Å². The minimum absolute atomic E-state index is 0.265. The number of carbonyl (C=O) groups excluding carboxylic acids is 2. The van der Waals surface area contributed by atoms with E-state index in [1.54, 1.807) is 24.3 Å². The van der Waals surface area contributed by atoms with Crippen molar-refractivity contribution < 1.29 is 53.4 Å². The Hall–Kier alpha value is -2.54. The molecule has 0 radical (unpaired) electrons. The van der Waals surface area contributed by atoms with Gasteiger partial charge in [-0.2, -0.15) is 0 Å². The fourth-order valence-corrected chi connectivity index (χ4v) is 7.19. The van der Waals surface area contributed by atoms with E-state index in [9.17, 15) is 30.0 Å². The molecule has 1 aromatic heterocycles. The van der Waals surface area contributed by atoms with Crippen molar-refractivity contribution in [2.75, 3.05) is 6.61 Å². The summed E-state index contributed by atoms with van der Waals surface area (Å²) in [6, 6.07) is 1.74. The molecule has 37 heavy (non-hydrogen) atoms. The Kier molecular flexibility index (Phi) is 5.51. The molecule has 2 bridgehead atoms. The molecule has 11 heteroatoms. The van der Waals surface area contributed by atoms with Gasteiger partial charge in [0.05, 0.1) is 19.1 Å². The van der Waals surface area contributed by atoms with E-state index in [0.29, 0.717) is 12.0 Å². The third-order valence-corrected chi connectivity index (χ3v) is 9.11. The molecule has 0 unspecified atom stereocenters. The van der Waals surface area contributed by atoms with Crippen LogP contribution in [-0.2, 0) is 28.5 Å². The number of carbonyl (C=O) groups is 2. The predicted molar refractivity (Wildman–Crippen MR) is 121 cm³/mol. The van der Waals surface area contributed by atoms with E-state index in [2.05, 4.69) is 0 Å². The monoisotopic (exact) mass is 518 g/mol. The van der Waals surface area contributed by atoms with Gasteiger partial charge in [-0.15, -0.1) is 0 Å². The molecule has 7 rings (SSSR count). The largest absolute Gasteiger partial charge is 0.472 e. The molecule has 0 saturated carbocycles. The molecule has 0 spiro atoms. The van der Waals surface area contributed by atoms with E-state index in [4.69, 9.17) is 23.4 Å². The van der Waals surface area contributed by atoms with Crippen LogP contribution in [0.15, 0.2) is 46.8 Å². The quantitative estimate of drug-likeness (QED) is 0.319. The van der Waals surface area contributed by atoms with E-state index >= 15 is 0 Å². The highest BCUT2D eigenvalue weighted by Gasteiger charge is 2.73. The van der Waals surface area contributed by atoms with Crippen molar-refractivity contribution in [3.63, 3.8) is 0 Å². The van der Waals surface area contributed by atoms with Crippen LogP contribution in [0.4, 0.5) is 0 Å². The molecule has 2 aliphatic carbocycles. The lowest BCUT2D eigenvalue weighted by molar-refractivity contribution is -0.344. The Morgan fingerprint density at radius 1 is 1.11 bits per heavy atom. The first-order chi connectivity index (χ1) is 17.6. The zero-order valence-corrected chi connectivity index (χ0v) is 20.4. The van der Waals surface area contributed by atoms with Crippen molar-refractivity contribution in [2.45, 2.75) is 75.2 Å². The Morgan fingerprint density at radius 3 is 2.57 bits per heavy atom. The lowest BCUT2D eigenvalue weighted by atomic mass is 9.45. The average Bonchev–Trinajstić information content (AvgIpc) is 3.40. The van der Waals surface area contributed by atoms with Gasteiger partial charge in [0.1, 0.15) is 36.6 Å². The molecule has 3 saturated heterocycles. The van der Waals surface area contributed by atoms with Crippen LogP contribution in [0.1, 0.15) is 38.4 Å². The molecule has 6 aliphatic rings. The molecule has 5 heterocycles. The number of rotatable bonds is 4. The van der Waals surface area contributed by atoms with Crippen molar-refractivity contribution in [2.24, 2.45) is 16.7 Å². The molecule has 3 fully saturated rings. The lowest BCUT2D eigenvalue weighted by Crippen LogP contribution is -2.73. The molecule has 4 N–H and O–H groups in total. The number of cyclic esters (lactones) is 1. The van der Waals surface area contributed by atoms with Crippen LogP contribution in [-0.4, -0.2) is 81.4 Å². The van der Waals surface area contributed by atoms with Crippen LogP contribution in [0.2, 0.25) is 0 Å². The van der Waals surface area contributed by atoms with Crippen LogP contribution in [0, 0.1) is 16.7 Å². The summed E-state index contributed by atoms with van der Waals surface area (Å²) < 4.78 is 28.6. The van der Waals surface area contributed by atoms with E-state index in [1.165, 1.54) is 12.5 Å². The van der Waals surface area contributed by atoms with Gasteiger partial charge in [0, 0.05) is 27.9 Å². The smallest absolute Gasteiger partial charge is 0.343 e. The first-order valence-electron chi connectivity index (χ1n) is 12.4. The minimum atomic E-state index is -1.74. The summed E-state index contributed by atoms with van der Waals surface area (Å²) in [5.41, 5.74) is -2.23. The molecular formula is C26H30O11. The van der Waals surface area contributed by atoms with Crippen LogP contribution in [0.25, 0.3) is 0 Å². The van der Waals surface area contributed by atoms with Crippen LogP contribution in [0.5, 0.6) is 0 Å². The maximum Gasteiger partial charge on any atom is 0.343 e. The standard InChI is InChI=1S/C26H30O11/c1-24-9-15(12-5-8-33-11-12)34-21(31)13(24)3-6-25(2)20(24)14-4-7-26(25,23(32)36-14)37-22-19(30)18(29)17(28)16(10-27)35-22/h3-5,7-8,11,14-20,22,27-30H,6,9-10H2,1-2H3/t14-,15-,16-,17-,18+,19-,20+,22-,24-,25-,26+/m1/s1. The maximum absolute atomic E-state index is 13.5. The molecule has 11 atom stereocenters. The van der Waals surface area contributed by atoms with Crippen molar-refractivity contribution in [3.8, 4) is 0 Å². The zero-order valence-electron chi connectivity index (χ0n) is 20.4. The molecule has 11 nitrogen and oxygen atoms in total. The number of aliphatic hydroxyl groups excluding tert-OH is 4. The molecule has 4 aliphatic heterocycles. The lowest BCUT2D eigenvalue weighted by Gasteiger charge is -2.64. The molecule has 0 amide bonds. The fraction of sp³-hybridized carbons (Fsp3) is 0.615. The second-order valence-electron chi connectivity index (χ2n) is 11.1. The van der Waals surface area contributed by atoms with E-state index < -0.39 is 83.8 Å². The van der Waals surface area contributed by atoms with Gasteiger partial charge in [-0.25, -0.2) is 9.59 Å². The van der Waals surface area contributed by atoms with Gasteiger partial charge in [-0.3, -0.25) is 0 Å². The van der Waals surface area contributed by atoms with Gasteiger partial charge in [-0.1, -0.05) is 19.9 Å². The number of hydrogen-bond acceptors (Lipinski definition) is 11. The minimum Gasteiger partial charge on any atom is -0.472 e. The molecule has 0 aromatic carbocycles. The maximum atomic E-state index is 13.5. The Morgan fingerprint density at radius 2 is 1.89 bits per heavy atom. The summed E-state index contributed by atoms with van der Waals surface area (Å²) in [7, 11) is 0. The number of allylic oxidation sites excluding steroid dienone is 1. The van der Waals surface area contributed by atoms with Gasteiger partial charge in [-0.05, 0) is 31.1 Å². The fourth-order valence-electron chi connectivity index (χ4n) is 7.19. The van der Waals surface area contributed by atoms with Gasteiger partial charge in [0.15, 0.2) is 11.9 Å². The first-order valence-corrected chi connectivity index (χ1v) is 12.4. The van der Waals surface area contributed by atoms with E-state index in [-0.39, 0.29) is 6.42 Å². The second kappa shape index (κ2) is 8.23. The Bertz CT molecular complexity index is 1160. The summed E-state index contributed by atoms with van der Waals surface area (Å²) in [5.74, 6) is -1.53. The number of furan rings is 1. The summed E-state index contributed by atoms with van der Waals surface area (Å²) in [6.07, 6.45) is -0.0578. The van der Waals surface area contributed by atoms with Crippen molar-refractivity contribution in [1.29, 1.82) is 0 Å². The van der Waals surface area contributed by atoms with Gasteiger partial charge in [0.25, 0.3) is 0 Å². The summed E-state index contributed by atoms with van der Waals surface area (Å²) >= 11 is 0. The number of hydrogen-bond donors (Lipinski definition) is 4. The zero-order chi connectivity index (χ0) is 26.3.